The quantitative estimate of drug-likeness (QED) is 0.281. The number of halogens is 2. The molecule has 1 heterocycles. The molecule has 1 atom stereocenters. The number of hydrogen-bond donors (Lipinski definition) is 2. The van der Waals surface area contributed by atoms with Crippen LogP contribution in [0.4, 0.5) is 14.6 Å². The molecule has 40 heavy (non-hydrogen) atoms. The average Bonchev–Trinajstić information content (AvgIpc) is 2.92. The number of carbonyl (C=O) groups excluding carboxylic acids is 1. The number of rotatable bonds is 9. The summed E-state index contributed by atoms with van der Waals surface area (Å²) in [6.07, 6.45) is 0.185. The van der Waals surface area contributed by atoms with E-state index in [0.717, 1.165) is 22.8 Å². The maximum atomic E-state index is 14.1. The molecule has 0 aliphatic carbocycles. The summed E-state index contributed by atoms with van der Waals surface area (Å²) in [6.45, 7) is 3.54. The van der Waals surface area contributed by atoms with Crippen LogP contribution in [-0.4, -0.2) is 53.1 Å². The SMILES string of the molecule is COc1ccc(-c2ccc3nc(C)nc(N[C@H](C)c4cccc(C(F)(F)C(=O)O)c4)c3c2)cc1CC(=O)N(C)C. The summed E-state index contributed by atoms with van der Waals surface area (Å²) < 4.78 is 33.7. The number of benzene rings is 3. The fraction of sp³-hybridized carbons (Fsp3) is 0.267. The standard InChI is InChI=1S/C30H30F2N4O4/c1-17(19-7-6-8-23(14-19)30(31,32)29(38)39)33-28-24-15-21(9-11-25(24)34-18(2)35-28)20-10-12-26(40-5)22(13-20)16-27(37)36(3)4/h6-15,17H,16H2,1-5H3,(H,38,39)(H,33,34,35)/t17-/m1/s1. The molecule has 0 saturated carbocycles. The first-order chi connectivity index (χ1) is 18.9. The lowest BCUT2D eigenvalue weighted by Gasteiger charge is -2.19. The highest BCUT2D eigenvalue weighted by Crippen LogP contribution is 2.34. The second-order valence-corrected chi connectivity index (χ2v) is 9.71. The molecule has 4 aromatic rings. The number of nitrogens with zero attached hydrogens (tertiary/aromatic N) is 3. The molecule has 2 N–H and O–H groups in total. The molecule has 3 aromatic carbocycles. The molecule has 1 aromatic heterocycles. The van der Waals surface area contributed by atoms with Crippen molar-refractivity contribution in [3.63, 3.8) is 0 Å². The minimum atomic E-state index is -4.00. The van der Waals surface area contributed by atoms with E-state index < -0.39 is 23.5 Å². The van der Waals surface area contributed by atoms with Crippen molar-refractivity contribution in [3.8, 4) is 16.9 Å². The normalized spacial score (nSPS) is 12.2. The highest BCUT2D eigenvalue weighted by atomic mass is 19.3. The molecular formula is C30H30F2N4O4. The second-order valence-electron chi connectivity index (χ2n) is 9.71. The molecule has 0 fully saturated rings. The van der Waals surface area contributed by atoms with Gasteiger partial charge in [-0.15, -0.1) is 0 Å². The van der Waals surface area contributed by atoms with Crippen molar-refractivity contribution in [2.75, 3.05) is 26.5 Å². The van der Waals surface area contributed by atoms with Gasteiger partial charge in [0.25, 0.3) is 0 Å². The Bertz CT molecular complexity index is 1590. The van der Waals surface area contributed by atoms with Crippen molar-refractivity contribution in [1.82, 2.24) is 14.9 Å². The summed E-state index contributed by atoms with van der Waals surface area (Å²) in [4.78, 5) is 34.1. The fourth-order valence-corrected chi connectivity index (χ4v) is 4.37. The summed E-state index contributed by atoms with van der Waals surface area (Å²) in [5.74, 6) is -4.62. The number of anilines is 1. The van der Waals surface area contributed by atoms with Crippen molar-refractivity contribution >= 4 is 28.6 Å². The van der Waals surface area contributed by atoms with Crippen molar-refractivity contribution < 1.29 is 28.2 Å². The lowest BCUT2D eigenvalue weighted by atomic mass is 9.99. The van der Waals surface area contributed by atoms with Crippen LogP contribution in [0.25, 0.3) is 22.0 Å². The molecule has 10 heteroatoms. The Morgan fingerprint density at radius 1 is 1.05 bits per heavy atom. The Morgan fingerprint density at radius 3 is 2.42 bits per heavy atom. The number of aryl methyl sites for hydroxylation is 1. The predicted molar refractivity (Wildman–Crippen MR) is 149 cm³/mol. The third-order valence-corrected chi connectivity index (χ3v) is 6.63. The number of carboxylic acids is 1. The number of fused-ring (bicyclic) bond motifs is 1. The van der Waals surface area contributed by atoms with E-state index in [1.54, 1.807) is 41.1 Å². The van der Waals surface area contributed by atoms with Gasteiger partial charge in [-0.2, -0.15) is 8.78 Å². The maximum Gasteiger partial charge on any atom is 0.379 e. The van der Waals surface area contributed by atoms with Crippen LogP contribution in [0.3, 0.4) is 0 Å². The number of aromatic nitrogens is 2. The highest BCUT2D eigenvalue weighted by Gasteiger charge is 2.41. The van der Waals surface area contributed by atoms with Crippen LogP contribution in [-0.2, 0) is 21.9 Å². The molecule has 8 nitrogen and oxygen atoms in total. The number of methoxy groups -OCH3 is 1. The number of likely N-dealkylation sites (N-methyl/N-ethyl adjacent to an activating group) is 1. The summed E-state index contributed by atoms with van der Waals surface area (Å²) in [6, 6.07) is 16.2. The Labute approximate surface area is 230 Å². The Kier molecular flexibility index (Phi) is 7.99. The van der Waals surface area contributed by atoms with Gasteiger partial charge in [-0.1, -0.05) is 30.3 Å². The highest BCUT2D eigenvalue weighted by molar-refractivity contribution is 5.93. The van der Waals surface area contributed by atoms with E-state index in [-0.39, 0.29) is 12.3 Å². The number of ether oxygens (including phenoxy) is 1. The van der Waals surface area contributed by atoms with Gasteiger partial charge >= 0.3 is 11.9 Å². The van der Waals surface area contributed by atoms with Gasteiger partial charge in [0, 0.05) is 36.7 Å². The van der Waals surface area contributed by atoms with E-state index in [9.17, 15) is 18.4 Å². The number of hydrogen-bond acceptors (Lipinski definition) is 6. The zero-order chi connectivity index (χ0) is 29.2. The summed E-state index contributed by atoms with van der Waals surface area (Å²) in [7, 11) is 4.97. The molecule has 1 amide bonds. The van der Waals surface area contributed by atoms with Crippen molar-refractivity contribution in [3.05, 3.63) is 83.2 Å². The number of amides is 1. The molecular weight excluding hydrogens is 518 g/mol. The van der Waals surface area contributed by atoms with Gasteiger partial charge in [0.2, 0.25) is 5.91 Å². The fourth-order valence-electron chi connectivity index (χ4n) is 4.37. The third kappa shape index (κ3) is 5.85. The lowest BCUT2D eigenvalue weighted by Crippen LogP contribution is -2.25. The van der Waals surface area contributed by atoms with Crippen molar-refractivity contribution in [1.29, 1.82) is 0 Å². The van der Waals surface area contributed by atoms with Gasteiger partial charge in [-0.05, 0) is 60.9 Å². The van der Waals surface area contributed by atoms with Gasteiger partial charge in [-0.3, -0.25) is 4.79 Å². The van der Waals surface area contributed by atoms with Gasteiger partial charge in [0.15, 0.2) is 0 Å². The van der Waals surface area contributed by atoms with Crippen molar-refractivity contribution in [2.24, 2.45) is 0 Å². The Hall–Kier alpha value is -4.60. The van der Waals surface area contributed by atoms with Crippen molar-refractivity contribution in [2.45, 2.75) is 32.2 Å². The molecule has 0 saturated heterocycles. The average molecular weight is 549 g/mol. The van der Waals surface area contributed by atoms with Crippen LogP contribution >= 0.6 is 0 Å². The summed E-state index contributed by atoms with van der Waals surface area (Å²) in [5.41, 5.74) is 3.05. The number of alkyl halides is 2. The van der Waals surface area contributed by atoms with Crippen LogP contribution in [0.5, 0.6) is 5.75 Å². The second kappa shape index (κ2) is 11.3. The smallest absolute Gasteiger partial charge is 0.379 e. The van der Waals surface area contributed by atoms with E-state index >= 15 is 0 Å². The van der Waals surface area contributed by atoms with Crippen LogP contribution in [0.2, 0.25) is 0 Å². The number of carboxylic acid groups (broad SMARTS) is 1. The topological polar surface area (TPSA) is 105 Å². The van der Waals surface area contributed by atoms with E-state index in [1.807, 2.05) is 36.4 Å². The van der Waals surface area contributed by atoms with E-state index in [2.05, 4.69) is 15.3 Å². The van der Waals surface area contributed by atoms with Crippen LogP contribution in [0.15, 0.2) is 60.7 Å². The van der Waals surface area contributed by atoms with E-state index in [0.29, 0.717) is 33.9 Å². The molecule has 0 bridgehead atoms. The first kappa shape index (κ1) is 28.4. The first-order valence-corrected chi connectivity index (χ1v) is 12.5. The summed E-state index contributed by atoms with van der Waals surface area (Å²) >= 11 is 0. The van der Waals surface area contributed by atoms with Gasteiger partial charge in [-0.25, -0.2) is 14.8 Å². The zero-order valence-corrected chi connectivity index (χ0v) is 22.8. The zero-order valence-electron chi connectivity index (χ0n) is 22.8. The molecule has 4 rings (SSSR count). The van der Waals surface area contributed by atoms with Gasteiger partial charge < -0.3 is 20.1 Å². The minimum Gasteiger partial charge on any atom is -0.496 e. The number of carbonyl (C=O) groups is 2. The molecule has 0 aliphatic heterocycles. The maximum absolute atomic E-state index is 14.1. The Balaban J connectivity index is 1.72. The molecule has 0 radical (unpaired) electrons. The first-order valence-electron chi connectivity index (χ1n) is 12.5. The molecule has 0 aliphatic rings. The monoisotopic (exact) mass is 548 g/mol. The third-order valence-electron chi connectivity index (χ3n) is 6.63. The molecule has 0 spiro atoms. The number of nitrogens with one attached hydrogen (secondary N) is 1. The van der Waals surface area contributed by atoms with E-state index in [4.69, 9.17) is 9.84 Å². The van der Waals surface area contributed by atoms with Crippen LogP contribution in [0.1, 0.15) is 35.5 Å². The Morgan fingerprint density at radius 2 is 1.75 bits per heavy atom. The predicted octanol–water partition coefficient (Wildman–Crippen LogP) is 5.59. The van der Waals surface area contributed by atoms with Crippen LogP contribution < -0.4 is 10.1 Å². The molecule has 0 unspecified atom stereocenters. The number of aliphatic carboxylic acids is 1. The van der Waals surface area contributed by atoms with Gasteiger partial charge in [0.1, 0.15) is 17.4 Å². The largest absolute Gasteiger partial charge is 0.496 e. The van der Waals surface area contributed by atoms with Crippen LogP contribution in [0, 0.1) is 6.92 Å². The summed E-state index contributed by atoms with van der Waals surface area (Å²) in [5, 5.41) is 12.9. The van der Waals surface area contributed by atoms with E-state index in [1.165, 1.54) is 17.0 Å². The van der Waals surface area contributed by atoms with Gasteiger partial charge in [0.05, 0.1) is 19.0 Å². The molecule has 208 valence electrons. The minimum absolute atomic E-state index is 0.0523. The lowest BCUT2D eigenvalue weighted by molar-refractivity contribution is -0.166.